The van der Waals surface area contributed by atoms with Crippen molar-refractivity contribution in [3.8, 4) is 11.3 Å². The lowest BCUT2D eigenvalue weighted by molar-refractivity contribution is 0.626. The summed E-state index contributed by atoms with van der Waals surface area (Å²) in [5.74, 6) is 0.327. The van der Waals surface area contributed by atoms with Gasteiger partial charge in [-0.3, -0.25) is 4.98 Å². The highest BCUT2D eigenvalue weighted by molar-refractivity contribution is 6.12. The summed E-state index contributed by atoms with van der Waals surface area (Å²) < 4.78 is 20.9. The highest BCUT2D eigenvalue weighted by atomic mass is 19.1. The summed E-state index contributed by atoms with van der Waals surface area (Å²) in [6.45, 7) is 8.54. The van der Waals surface area contributed by atoms with Crippen LogP contribution in [0.15, 0.2) is 65.2 Å². The van der Waals surface area contributed by atoms with Gasteiger partial charge in [-0.15, -0.1) is 0 Å². The maximum Gasteiger partial charge on any atom is 0.144 e. The van der Waals surface area contributed by atoms with Crippen LogP contribution in [0, 0.1) is 5.82 Å². The predicted octanol–water partition coefficient (Wildman–Crippen LogP) is 8.19. The van der Waals surface area contributed by atoms with Crippen LogP contribution in [0.2, 0.25) is 0 Å². The molecule has 0 bridgehead atoms. The van der Waals surface area contributed by atoms with Gasteiger partial charge in [0.05, 0.1) is 5.69 Å². The van der Waals surface area contributed by atoms with Crippen LogP contribution in [0.5, 0.6) is 0 Å². The van der Waals surface area contributed by atoms with E-state index in [1.54, 1.807) is 12.1 Å². The third-order valence-electron chi connectivity index (χ3n) is 5.92. The molecule has 0 unspecified atom stereocenters. The van der Waals surface area contributed by atoms with Gasteiger partial charge in [0, 0.05) is 27.9 Å². The van der Waals surface area contributed by atoms with Gasteiger partial charge in [-0.1, -0.05) is 45.9 Å². The number of fused-ring (bicyclic) bond motifs is 4. The number of rotatable bonds is 3. The molecule has 0 amide bonds. The van der Waals surface area contributed by atoms with E-state index in [2.05, 4.69) is 45.9 Å². The fraction of sp³-hybridized carbons (Fsp3) is 0.222. The first-order valence-electron chi connectivity index (χ1n) is 10.5. The number of hydrogen-bond donors (Lipinski definition) is 0. The molecule has 0 aliphatic heterocycles. The molecule has 0 atom stereocenters. The summed E-state index contributed by atoms with van der Waals surface area (Å²) in [6.07, 6.45) is 1.82. The highest BCUT2D eigenvalue weighted by Gasteiger charge is 2.19. The van der Waals surface area contributed by atoms with E-state index in [9.17, 15) is 4.39 Å². The Morgan fingerprint density at radius 2 is 1.60 bits per heavy atom. The first kappa shape index (κ1) is 18.8. The summed E-state index contributed by atoms with van der Waals surface area (Å²) in [5, 5.41) is 4.02. The third-order valence-corrected chi connectivity index (χ3v) is 5.92. The van der Waals surface area contributed by atoms with Crippen molar-refractivity contribution < 1.29 is 8.81 Å². The van der Waals surface area contributed by atoms with Gasteiger partial charge in [-0.2, -0.15) is 0 Å². The SMILES string of the molecule is CC(C)c1cc(-c2nccc3c(C(C)C)cc(F)cc23)c2oc3ccccc3c2c1. The summed E-state index contributed by atoms with van der Waals surface area (Å²) in [5.41, 5.74) is 5.54. The Morgan fingerprint density at radius 1 is 0.800 bits per heavy atom. The largest absolute Gasteiger partial charge is 0.455 e. The Kier molecular flexibility index (Phi) is 4.35. The summed E-state index contributed by atoms with van der Waals surface area (Å²) in [4.78, 5) is 4.71. The van der Waals surface area contributed by atoms with Crippen LogP contribution in [0.3, 0.4) is 0 Å². The molecule has 0 spiro atoms. The van der Waals surface area contributed by atoms with Crippen molar-refractivity contribution in [3.05, 3.63) is 77.7 Å². The zero-order valence-electron chi connectivity index (χ0n) is 17.7. The van der Waals surface area contributed by atoms with E-state index < -0.39 is 0 Å². The molecule has 5 rings (SSSR count). The number of pyridine rings is 1. The Bertz CT molecular complexity index is 1410. The van der Waals surface area contributed by atoms with E-state index in [1.165, 1.54) is 5.56 Å². The van der Waals surface area contributed by atoms with Crippen LogP contribution in [0.25, 0.3) is 44.0 Å². The second kappa shape index (κ2) is 6.94. The molecule has 3 aromatic carbocycles. The molecule has 150 valence electrons. The maximum atomic E-state index is 14.6. The number of aromatic nitrogens is 1. The van der Waals surface area contributed by atoms with Gasteiger partial charge in [0.25, 0.3) is 0 Å². The Labute approximate surface area is 175 Å². The number of furan rings is 1. The number of nitrogens with zero attached hydrogens (tertiary/aromatic N) is 1. The molecular formula is C27H24FNO. The molecule has 2 aromatic heterocycles. The Hall–Kier alpha value is -3.20. The van der Waals surface area contributed by atoms with E-state index in [0.29, 0.717) is 5.92 Å². The minimum Gasteiger partial charge on any atom is -0.455 e. The van der Waals surface area contributed by atoms with Gasteiger partial charge in [-0.25, -0.2) is 4.39 Å². The lowest BCUT2D eigenvalue weighted by Crippen LogP contribution is -1.96. The van der Waals surface area contributed by atoms with Crippen molar-refractivity contribution >= 4 is 32.7 Å². The van der Waals surface area contributed by atoms with Gasteiger partial charge in [0.15, 0.2) is 0 Å². The minimum absolute atomic E-state index is 0.215. The summed E-state index contributed by atoms with van der Waals surface area (Å²) in [7, 11) is 0. The number of benzene rings is 3. The van der Waals surface area contributed by atoms with E-state index in [1.807, 2.05) is 30.5 Å². The topological polar surface area (TPSA) is 26.0 Å². The fourth-order valence-electron chi connectivity index (χ4n) is 4.33. The zero-order valence-corrected chi connectivity index (χ0v) is 17.7. The van der Waals surface area contributed by atoms with Gasteiger partial charge < -0.3 is 4.42 Å². The van der Waals surface area contributed by atoms with E-state index in [4.69, 9.17) is 9.40 Å². The van der Waals surface area contributed by atoms with Crippen molar-refractivity contribution in [2.45, 2.75) is 39.5 Å². The standard InChI is InChI=1S/C27H24FNO/c1-15(2)17-11-23-20-7-5-6-8-25(20)30-27(23)24(12-17)26-22-14-18(28)13-21(16(3)4)19(22)9-10-29-26/h5-16H,1-4H3. The average molecular weight is 397 g/mol. The number of hydrogen-bond acceptors (Lipinski definition) is 2. The molecule has 0 aliphatic rings. The van der Waals surface area contributed by atoms with E-state index >= 15 is 0 Å². The van der Waals surface area contributed by atoms with Gasteiger partial charge in [0.1, 0.15) is 17.0 Å². The van der Waals surface area contributed by atoms with Crippen molar-refractivity contribution in [1.82, 2.24) is 4.98 Å². The molecule has 0 fully saturated rings. The minimum atomic E-state index is -0.235. The molecule has 2 heterocycles. The number of halogens is 1. The zero-order chi connectivity index (χ0) is 21.0. The molecular weight excluding hydrogens is 373 g/mol. The van der Waals surface area contributed by atoms with Crippen molar-refractivity contribution in [2.75, 3.05) is 0 Å². The van der Waals surface area contributed by atoms with Crippen LogP contribution in [-0.4, -0.2) is 4.98 Å². The van der Waals surface area contributed by atoms with Gasteiger partial charge >= 0.3 is 0 Å². The van der Waals surface area contributed by atoms with E-state index in [0.717, 1.165) is 49.5 Å². The van der Waals surface area contributed by atoms with Gasteiger partial charge in [0.2, 0.25) is 0 Å². The van der Waals surface area contributed by atoms with E-state index in [-0.39, 0.29) is 11.7 Å². The van der Waals surface area contributed by atoms with Crippen molar-refractivity contribution in [3.63, 3.8) is 0 Å². The van der Waals surface area contributed by atoms with Crippen molar-refractivity contribution in [1.29, 1.82) is 0 Å². The molecule has 0 saturated heterocycles. The molecule has 5 aromatic rings. The molecule has 0 saturated carbocycles. The molecule has 0 aliphatic carbocycles. The van der Waals surface area contributed by atoms with Crippen LogP contribution < -0.4 is 0 Å². The quantitative estimate of drug-likeness (QED) is 0.307. The fourth-order valence-corrected chi connectivity index (χ4v) is 4.33. The predicted molar refractivity (Wildman–Crippen MR) is 123 cm³/mol. The molecule has 30 heavy (non-hydrogen) atoms. The van der Waals surface area contributed by atoms with Crippen molar-refractivity contribution in [2.24, 2.45) is 0 Å². The van der Waals surface area contributed by atoms with Crippen LogP contribution >= 0.6 is 0 Å². The second-order valence-corrected chi connectivity index (χ2v) is 8.60. The molecule has 0 N–H and O–H groups in total. The highest BCUT2D eigenvalue weighted by Crippen LogP contribution is 2.40. The normalized spacial score (nSPS) is 12.1. The first-order valence-corrected chi connectivity index (χ1v) is 10.5. The van der Waals surface area contributed by atoms with Crippen LogP contribution in [-0.2, 0) is 0 Å². The lowest BCUT2D eigenvalue weighted by atomic mass is 9.92. The third kappa shape index (κ3) is 2.88. The maximum absolute atomic E-state index is 14.6. The molecule has 2 nitrogen and oxygen atoms in total. The summed E-state index contributed by atoms with van der Waals surface area (Å²) >= 11 is 0. The Balaban J connectivity index is 1.93. The Morgan fingerprint density at radius 3 is 2.37 bits per heavy atom. The smallest absolute Gasteiger partial charge is 0.144 e. The average Bonchev–Trinajstić information content (AvgIpc) is 3.10. The summed E-state index contributed by atoms with van der Waals surface area (Å²) in [6, 6.07) is 17.7. The molecule has 0 radical (unpaired) electrons. The number of para-hydroxylation sites is 1. The lowest BCUT2D eigenvalue weighted by Gasteiger charge is -2.14. The second-order valence-electron chi connectivity index (χ2n) is 8.60. The van der Waals surface area contributed by atoms with Crippen LogP contribution in [0.1, 0.15) is 50.7 Å². The monoisotopic (exact) mass is 397 g/mol. The van der Waals surface area contributed by atoms with Crippen LogP contribution in [0.4, 0.5) is 4.39 Å². The van der Waals surface area contributed by atoms with Gasteiger partial charge in [-0.05, 0) is 64.7 Å². The molecule has 3 heteroatoms. The first-order chi connectivity index (χ1) is 14.4.